The lowest BCUT2D eigenvalue weighted by atomic mass is 9.97. The van der Waals surface area contributed by atoms with Crippen molar-refractivity contribution in [3.05, 3.63) is 0 Å². The van der Waals surface area contributed by atoms with Crippen LogP contribution in [0.2, 0.25) is 0 Å². The van der Waals surface area contributed by atoms with Crippen LogP contribution in [-0.4, -0.2) is 6.04 Å². The molecule has 3 atom stereocenters. The SMILES string of the molecule is N[C@@H]1CC[C@H]2C[C@@H]2C1. The normalized spacial score (nSPS) is 52.9. The highest BCUT2D eigenvalue weighted by Crippen LogP contribution is 2.48. The Morgan fingerprint density at radius 3 is 2.50 bits per heavy atom. The van der Waals surface area contributed by atoms with Crippen LogP contribution < -0.4 is 5.73 Å². The van der Waals surface area contributed by atoms with Gasteiger partial charge in [-0.05, 0) is 37.5 Å². The second-order valence-electron chi connectivity index (χ2n) is 3.33. The van der Waals surface area contributed by atoms with Gasteiger partial charge in [0.15, 0.2) is 0 Å². The molecule has 0 spiro atoms. The van der Waals surface area contributed by atoms with Gasteiger partial charge in [0.05, 0.1) is 0 Å². The van der Waals surface area contributed by atoms with Crippen molar-refractivity contribution in [2.24, 2.45) is 17.6 Å². The number of rotatable bonds is 0. The zero-order chi connectivity index (χ0) is 5.56. The minimum absolute atomic E-state index is 0.554. The van der Waals surface area contributed by atoms with Crippen LogP contribution in [0.4, 0.5) is 0 Å². The van der Waals surface area contributed by atoms with Gasteiger partial charge in [-0.1, -0.05) is 0 Å². The van der Waals surface area contributed by atoms with Crippen LogP contribution >= 0.6 is 0 Å². The molecular formula is C7H13N. The third-order valence-electron chi connectivity index (χ3n) is 2.58. The molecule has 0 aliphatic heterocycles. The van der Waals surface area contributed by atoms with E-state index in [4.69, 9.17) is 5.73 Å². The number of hydrogen-bond acceptors (Lipinski definition) is 1. The molecule has 0 aromatic carbocycles. The van der Waals surface area contributed by atoms with Crippen LogP contribution in [-0.2, 0) is 0 Å². The van der Waals surface area contributed by atoms with Crippen LogP contribution in [0.15, 0.2) is 0 Å². The van der Waals surface area contributed by atoms with Crippen LogP contribution in [0.1, 0.15) is 25.7 Å². The predicted octanol–water partition coefficient (Wildman–Crippen LogP) is 1.13. The summed E-state index contributed by atoms with van der Waals surface area (Å²) in [6.45, 7) is 0. The molecule has 2 aliphatic carbocycles. The van der Waals surface area contributed by atoms with E-state index in [1.165, 1.54) is 25.7 Å². The summed E-state index contributed by atoms with van der Waals surface area (Å²) < 4.78 is 0. The van der Waals surface area contributed by atoms with Crippen molar-refractivity contribution in [1.29, 1.82) is 0 Å². The lowest BCUT2D eigenvalue weighted by Crippen LogP contribution is -2.23. The third-order valence-corrected chi connectivity index (χ3v) is 2.58. The zero-order valence-electron chi connectivity index (χ0n) is 5.14. The maximum absolute atomic E-state index is 5.75. The molecule has 2 N–H and O–H groups in total. The molecule has 0 radical (unpaired) electrons. The topological polar surface area (TPSA) is 26.0 Å². The predicted molar refractivity (Wildman–Crippen MR) is 33.4 cm³/mol. The molecule has 0 aromatic rings. The van der Waals surface area contributed by atoms with Gasteiger partial charge in [0.25, 0.3) is 0 Å². The standard InChI is InChI=1S/C7H13N/c8-7-2-1-5-3-6(5)4-7/h5-7H,1-4,8H2/t5-,6+,7+/m0/s1. The van der Waals surface area contributed by atoms with E-state index in [0.717, 1.165) is 11.8 Å². The Morgan fingerprint density at radius 2 is 1.88 bits per heavy atom. The lowest BCUT2D eigenvalue weighted by molar-refractivity contribution is 0.422. The maximum Gasteiger partial charge on any atom is 0.00416 e. The Labute approximate surface area is 50.3 Å². The van der Waals surface area contributed by atoms with E-state index in [1.807, 2.05) is 0 Å². The van der Waals surface area contributed by atoms with E-state index in [0.29, 0.717) is 6.04 Å². The maximum atomic E-state index is 5.75. The van der Waals surface area contributed by atoms with E-state index in [2.05, 4.69) is 0 Å². The van der Waals surface area contributed by atoms with Crippen LogP contribution in [0.5, 0.6) is 0 Å². The van der Waals surface area contributed by atoms with E-state index in [9.17, 15) is 0 Å². The molecule has 2 saturated carbocycles. The highest BCUT2D eigenvalue weighted by Gasteiger charge is 2.40. The van der Waals surface area contributed by atoms with Gasteiger partial charge in [0.1, 0.15) is 0 Å². The van der Waals surface area contributed by atoms with Gasteiger partial charge >= 0.3 is 0 Å². The van der Waals surface area contributed by atoms with E-state index in [-0.39, 0.29) is 0 Å². The number of fused-ring (bicyclic) bond motifs is 1. The molecule has 46 valence electrons. The van der Waals surface area contributed by atoms with Crippen LogP contribution in [0.25, 0.3) is 0 Å². The van der Waals surface area contributed by atoms with Gasteiger partial charge in [0.2, 0.25) is 0 Å². The summed E-state index contributed by atoms with van der Waals surface area (Å²) in [6.07, 6.45) is 5.53. The van der Waals surface area contributed by atoms with E-state index < -0.39 is 0 Å². The quantitative estimate of drug-likeness (QED) is 0.498. The first-order valence-electron chi connectivity index (χ1n) is 3.62. The summed E-state index contributed by atoms with van der Waals surface area (Å²) >= 11 is 0. The summed E-state index contributed by atoms with van der Waals surface area (Å²) in [7, 11) is 0. The number of hydrogen-bond donors (Lipinski definition) is 1. The Bertz CT molecular complexity index is 101. The van der Waals surface area contributed by atoms with Crippen LogP contribution in [0, 0.1) is 11.8 Å². The first-order chi connectivity index (χ1) is 3.86. The van der Waals surface area contributed by atoms with Crippen molar-refractivity contribution in [2.45, 2.75) is 31.7 Å². The first kappa shape index (κ1) is 4.80. The average Bonchev–Trinajstić information content (AvgIpc) is 2.43. The largest absolute Gasteiger partial charge is 0.328 e. The Hall–Kier alpha value is -0.0400. The Morgan fingerprint density at radius 1 is 1.00 bits per heavy atom. The highest BCUT2D eigenvalue weighted by molar-refractivity contribution is 4.93. The summed E-state index contributed by atoms with van der Waals surface area (Å²) in [4.78, 5) is 0. The summed E-state index contributed by atoms with van der Waals surface area (Å²) in [5.74, 6) is 2.16. The Kier molecular flexibility index (Phi) is 0.884. The zero-order valence-corrected chi connectivity index (χ0v) is 5.14. The number of nitrogens with two attached hydrogens (primary N) is 1. The molecule has 2 rings (SSSR count). The van der Waals surface area contributed by atoms with Crippen molar-refractivity contribution in [3.63, 3.8) is 0 Å². The molecule has 0 heterocycles. The van der Waals surface area contributed by atoms with Crippen molar-refractivity contribution in [3.8, 4) is 0 Å². The molecule has 2 fully saturated rings. The van der Waals surface area contributed by atoms with Gasteiger partial charge in [-0.15, -0.1) is 0 Å². The monoisotopic (exact) mass is 111 g/mol. The van der Waals surface area contributed by atoms with Gasteiger partial charge in [-0.3, -0.25) is 0 Å². The second-order valence-corrected chi connectivity index (χ2v) is 3.33. The fourth-order valence-corrected chi connectivity index (χ4v) is 1.89. The molecule has 1 nitrogen and oxygen atoms in total. The van der Waals surface area contributed by atoms with E-state index >= 15 is 0 Å². The lowest BCUT2D eigenvalue weighted by Gasteiger charge is -2.15. The Balaban J connectivity index is 1.93. The molecule has 0 amide bonds. The smallest absolute Gasteiger partial charge is 0.00416 e. The molecular weight excluding hydrogens is 98.1 g/mol. The minimum atomic E-state index is 0.554. The summed E-state index contributed by atoms with van der Waals surface area (Å²) in [5.41, 5.74) is 5.75. The van der Waals surface area contributed by atoms with Gasteiger partial charge in [0, 0.05) is 6.04 Å². The van der Waals surface area contributed by atoms with Crippen LogP contribution in [0.3, 0.4) is 0 Å². The molecule has 1 heteroatoms. The first-order valence-corrected chi connectivity index (χ1v) is 3.62. The molecule has 0 unspecified atom stereocenters. The highest BCUT2D eigenvalue weighted by atomic mass is 14.7. The van der Waals surface area contributed by atoms with Crippen molar-refractivity contribution in [1.82, 2.24) is 0 Å². The second kappa shape index (κ2) is 1.47. The minimum Gasteiger partial charge on any atom is -0.328 e. The average molecular weight is 111 g/mol. The third kappa shape index (κ3) is 0.655. The van der Waals surface area contributed by atoms with Crippen molar-refractivity contribution >= 4 is 0 Å². The summed E-state index contributed by atoms with van der Waals surface area (Å²) in [5, 5.41) is 0. The molecule has 8 heavy (non-hydrogen) atoms. The fourth-order valence-electron chi connectivity index (χ4n) is 1.89. The summed E-state index contributed by atoms with van der Waals surface area (Å²) in [6, 6.07) is 0.554. The van der Waals surface area contributed by atoms with Crippen molar-refractivity contribution in [2.75, 3.05) is 0 Å². The van der Waals surface area contributed by atoms with E-state index in [1.54, 1.807) is 0 Å². The van der Waals surface area contributed by atoms with Gasteiger partial charge in [-0.2, -0.15) is 0 Å². The molecule has 0 aromatic heterocycles. The molecule has 0 bridgehead atoms. The van der Waals surface area contributed by atoms with Crippen molar-refractivity contribution < 1.29 is 0 Å². The molecule has 0 saturated heterocycles. The fraction of sp³-hybridized carbons (Fsp3) is 1.00. The molecule has 2 aliphatic rings. The van der Waals surface area contributed by atoms with Gasteiger partial charge in [-0.25, -0.2) is 0 Å². The van der Waals surface area contributed by atoms with Gasteiger partial charge < -0.3 is 5.73 Å².